The van der Waals surface area contributed by atoms with Crippen molar-refractivity contribution in [2.24, 2.45) is 0 Å². The number of hydrogen-bond acceptors (Lipinski definition) is 11. The molecular formula is C53H57NO10. The summed E-state index contributed by atoms with van der Waals surface area (Å²) in [4.78, 5) is 0. The molecule has 0 aromatic heterocycles. The molecule has 2 saturated heterocycles. The van der Waals surface area contributed by atoms with E-state index in [9.17, 15) is 10.2 Å². The summed E-state index contributed by atoms with van der Waals surface area (Å²) in [5, 5.41) is 26.8. The van der Waals surface area contributed by atoms with Crippen molar-refractivity contribution in [1.29, 1.82) is 0 Å². The van der Waals surface area contributed by atoms with E-state index in [-0.39, 0.29) is 33.0 Å². The molecule has 334 valence electrons. The molecule has 6 aromatic rings. The number of hydrogen-bond donors (Lipinski definition) is 3. The fourth-order valence-corrected chi connectivity index (χ4v) is 8.03. The van der Waals surface area contributed by atoms with Gasteiger partial charge in [-0.1, -0.05) is 170 Å². The van der Waals surface area contributed by atoms with Gasteiger partial charge in [-0.25, -0.2) is 0 Å². The molecule has 2 heterocycles. The SMILES string of the molecule is OCC1OC(OC2C(COCc3ccccc3)OC(OCc3ccccc3)C(Nc3ccccc3)C2OCc2ccccc2)C(OCc2ccccc2)C(O)C1OCc1ccccc1. The van der Waals surface area contributed by atoms with Crippen molar-refractivity contribution < 1.29 is 48.1 Å². The first kappa shape index (κ1) is 45.3. The van der Waals surface area contributed by atoms with Crippen LogP contribution in [-0.4, -0.2) is 84.8 Å². The van der Waals surface area contributed by atoms with Crippen LogP contribution in [0.15, 0.2) is 182 Å². The van der Waals surface area contributed by atoms with Gasteiger partial charge in [-0.3, -0.25) is 0 Å². The molecule has 2 aliphatic rings. The summed E-state index contributed by atoms with van der Waals surface area (Å²) >= 11 is 0. The molecular weight excluding hydrogens is 811 g/mol. The zero-order valence-electron chi connectivity index (χ0n) is 35.7. The lowest BCUT2D eigenvalue weighted by Gasteiger charge is -2.50. The van der Waals surface area contributed by atoms with Gasteiger partial charge in [0.25, 0.3) is 0 Å². The van der Waals surface area contributed by atoms with Crippen LogP contribution in [0.1, 0.15) is 27.8 Å². The third-order valence-electron chi connectivity index (χ3n) is 11.3. The first-order valence-electron chi connectivity index (χ1n) is 21.9. The van der Waals surface area contributed by atoms with Gasteiger partial charge in [-0.2, -0.15) is 0 Å². The fourth-order valence-electron chi connectivity index (χ4n) is 8.03. The highest BCUT2D eigenvalue weighted by atomic mass is 16.7. The smallest absolute Gasteiger partial charge is 0.187 e. The molecule has 10 atom stereocenters. The molecule has 2 fully saturated rings. The van der Waals surface area contributed by atoms with Crippen molar-refractivity contribution in [3.63, 3.8) is 0 Å². The molecule has 8 rings (SSSR count). The molecule has 0 saturated carbocycles. The molecule has 3 N–H and O–H groups in total. The number of ether oxygens (including phenoxy) is 8. The van der Waals surface area contributed by atoms with Crippen LogP contribution < -0.4 is 5.32 Å². The van der Waals surface area contributed by atoms with E-state index in [1.807, 2.05) is 182 Å². The van der Waals surface area contributed by atoms with Crippen LogP contribution in [0, 0.1) is 0 Å². The van der Waals surface area contributed by atoms with E-state index >= 15 is 0 Å². The Kier molecular flexibility index (Phi) is 16.7. The van der Waals surface area contributed by atoms with Gasteiger partial charge in [0.15, 0.2) is 12.6 Å². The van der Waals surface area contributed by atoms with Crippen LogP contribution in [0.4, 0.5) is 5.69 Å². The van der Waals surface area contributed by atoms with E-state index in [0.29, 0.717) is 6.61 Å². The summed E-state index contributed by atoms with van der Waals surface area (Å²) in [6, 6.07) is 58.3. The van der Waals surface area contributed by atoms with Crippen LogP contribution in [0.2, 0.25) is 0 Å². The lowest BCUT2D eigenvalue weighted by molar-refractivity contribution is -0.359. The van der Waals surface area contributed by atoms with Crippen molar-refractivity contribution >= 4 is 5.69 Å². The van der Waals surface area contributed by atoms with Gasteiger partial charge < -0.3 is 53.4 Å². The predicted molar refractivity (Wildman–Crippen MR) is 242 cm³/mol. The summed E-state index contributed by atoms with van der Waals surface area (Å²) < 4.78 is 53.8. The Labute approximate surface area is 375 Å². The Morgan fingerprint density at radius 1 is 0.422 bits per heavy atom. The Morgan fingerprint density at radius 2 is 0.828 bits per heavy atom. The summed E-state index contributed by atoms with van der Waals surface area (Å²) in [7, 11) is 0. The van der Waals surface area contributed by atoms with Crippen LogP contribution in [-0.2, 0) is 70.9 Å². The van der Waals surface area contributed by atoms with Crippen molar-refractivity contribution in [3.8, 4) is 0 Å². The van der Waals surface area contributed by atoms with Crippen LogP contribution >= 0.6 is 0 Å². The lowest BCUT2D eigenvalue weighted by Crippen LogP contribution is -2.67. The maximum Gasteiger partial charge on any atom is 0.187 e. The van der Waals surface area contributed by atoms with E-state index in [2.05, 4.69) is 5.32 Å². The zero-order chi connectivity index (χ0) is 43.8. The van der Waals surface area contributed by atoms with E-state index in [1.54, 1.807) is 0 Å². The van der Waals surface area contributed by atoms with Gasteiger partial charge in [0.1, 0.15) is 48.8 Å². The maximum atomic E-state index is 12.3. The van der Waals surface area contributed by atoms with Crippen LogP contribution in [0.5, 0.6) is 0 Å². The third kappa shape index (κ3) is 12.5. The molecule has 2 aliphatic heterocycles. The zero-order valence-corrected chi connectivity index (χ0v) is 35.7. The largest absolute Gasteiger partial charge is 0.394 e. The first-order valence-corrected chi connectivity index (χ1v) is 21.9. The minimum absolute atomic E-state index is 0.0884. The number of aliphatic hydroxyl groups excluding tert-OH is 2. The van der Waals surface area contributed by atoms with Gasteiger partial charge in [0, 0.05) is 5.69 Å². The summed E-state index contributed by atoms with van der Waals surface area (Å²) in [5.74, 6) is 0. The van der Waals surface area contributed by atoms with Crippen molar-refractivity contribution in [2.45, 2.75) is 94.4 Å². The maximum absolute atomic E-state index is 12.3. The molecule has 0 radical (unpaired) electrons. The van der Waals surface area contributed by atoms with Gasteiger partial charge in [-0.05, 0) is 39.9 Å². The third-order valence-corrected chi connectivity index (χ3v) is 11.3. The number of nitrogens with one attached hydrogen (secondary N) is 1. The quantitative estimate of drug-likeness (QED) is 0.0655. The second-order valence-corrected chi connectivity index (χ2v) is 16.0. The van der Waals surface area contributed by atoms with Crippen molar-refractivity contribution in [2.75, 3.05) is 18.5 Å². The average Bonchev–Trinajstić information content (AvgIpc) is 3.35. The average molecular weight is 868 g/mol. The number of benzene rings is 6. The molecule has 0 amide bonds. The van der Waals surface area contributed by atoms with Gasteiger partial charge in [0.2, 0.25) is 0 Å². The predicted octanol–water partition coefficient (Wildman–Crippen LogP) is 7.85. The lowest BCUT2D eigenvalue weighted by atomic mass is 9.94. The Bertz CT molecular complexity index is 2190. The highest BCUT2D eigenvalue weighted by Crippen LogP contribution is 2.35. The molecule has 0 aliphatic carbocycles. The minimum Gasteiger partial charge on any atom is -0.394 e. The Morgan fingerprint density at radius 3 is 1.31 bits per heavy atom. The van der Waals surface area contributed by atoms with Crippen molar-refractivity contribution in [1.82, 2.24) is 0 Å². The van der Waals surface area contributed by atoms with Crippen LogP contribution in [0.3, 0.4) is 0 Å². The highest BCUT2D eigenvalue weighted by Gasteiger charge is 2.53. The number of anilines is 1. The Balaban J connectivity index is 1.15. The molecule has 0 bridgehead atoms. The minimum atomic E-state index is -1.27. The standard InChI is InChI=1S/C53H57NO10/c55-31-44-48(58-33-39-21-9-2-10-22-39)47(56)51(60-35-41-25-13-4-14-26-41)53(62-44)64-49-45(37-57-32-38-19-7-1-8-20-38)63-52(61-36-42-27-15-5-16-28-42)46(54-43-29-17-6-18-30-43)50(49)59-34-40-23-11-3-12-24-40/h1-30,44-56H,31-37H2. The molecule has 11 heteroatoms. The molecule has 0 spiro atoms. The molecule has 64 heavy (non-hydrogen) atoms. The molecule has 6 aromatic carbocycles. The summed E-state index contributed by atoms with van der Waals surface area (Å²) in [6.07, 6.45) is -8.80. The van der Waals surface area contributed by atoms with E-state index in [4.69, 9.17) is 37.9 Å². The van der Waals surface area contributed by atoms with E-state index in [1.165, 1.54) is 0 Å². The van der Waals surface area contributed by atoms with E-state index in [0.717, 1.165) is 33.5 Å². The highest BCUT2D eigenvalue weighted by molar-refractivity contribution is 5.44. The summed E-state index contributed by atoms with van der Waals surface area (Å²) in [6.45, 7) is 0.787. The second-order valence-electron chi connectivity index (χ2n) is 16.0. The number of rotatable bonds is 21. The normalized spacial score (nSPS) is 25.7. The van der Waals surface area contributed by atoms with E-state index < -0.39 is 68.0 Å². The molecule has 10 unspecified atom stereocenters. The second kappa shape index (κ2) is 23.6. The topological polar surface area (TPSA) is 126 Å². The Hall–Kier alpha value is -5.28. The van der Waals surface area contributed by atoms with Gasteiger partial charge >= 0.3 is 0 Å². The summed E-state index contributed by atoms with van der Waals surface area (Å²) in [5.41, 5.74) is 5.54. The number of para-hydroxylation sites is 1. The first-order chi connectivity index (χ1) is 31.6. The monoisotopic (exact) mass is 867 g/mol. The van der Waals surface area contributed by atoms with Crippen LogP contribution in [0.25, 0.3) is 0 Å². The number of aliphatic hydroxyl groups is 2. The van der Waals surface area contributed by atoms with Crippen molar-refractivity contribution in [3.05, 3.63) is 210 Å². The van der Waals surface area contributed by atoms with Gasteiger partial charge in [-0.15, -0.1) is 0 Å². The molecule has 11 nitrogen and oxygen atoms in total. The fraction of sp³-hybridized carbons (Fsp3) is 0.321. The van der Waals surface area contributed by atoms with Gasteiger partial charge in [0.05, 0.1) is 46.2 Å².